The molecule has 0 unspecified atom stereocenters. The maximum Gasteiger partial charge on any atom is 0.256 e. The van der Waals surface area contributed by atoms with Crippen LogP contribution in [0, 0.1) is 6.92 Å². The Morgan fingerprint density at radius 2 is 1.79 bits per heavy atom. The number of oxime groups is 1. The molecule has 1 N–H and O–H groups in total. The van der Waals surface area contributed by atoms with E-state index in [-0.39, 0.29) is 11.7 Å². The Morgan fingerprint density at radius 1 is 1.00 bits per heavy atom. The van der Waals surface area contributed by atoms with E-state index in [9.17, 15) is 9.59 Å². The van der Waals surface area contributed by atoms with Gasteiger partial charge in [-0.05, 0) is 56.4 Å². The SMILES string of the molecule is Cc1ccc(C2=NOC3(CCCCC3)C2=O)cc1-c1cnc(NC(=O)c2ccccc2)cn1. The van der Waals surface area contributed by atoms with Gasteiger partial charge in [-0.25, -0.2) is 4.98 Å². The second kappa shape index (κ2) is 8.58. The molecule has 1 aliphatic carbocycles. The molecule has 1 fully saturated rings. The van der Waals surface area contributed by atoms with Crippen molar-refractivity contribution in [2.24, 2.45) is 5.16 Å². The molecule has 166 valence electrons. The number of carbonyl (C=O) groups excluding carboxylic acids is 2. The van der Waals surface area contributed by atoms with Crippen LogP contribution in [0.3, 0.4) is 0 Å². The topological polar surface area (TPSA) is 93.5 Å². The molecule has 1 aromatic heterocycles. The highest BCUT2D eigenvalue weighted by atomic mass is 16.7. The minimum absolute atomic E-state index is 0.0259. The minimum Gasteiger partial charge on any atom is -0.380 e. The summed E-state index contributed by atoms with van der Waals surface area (Å²) in [4.78, 5) is 40.0. The number of rotatable bonds is 4. The van der Waals surface area contributed by atoms with Crippen LogP contribution in [0.5, 0.6) is 0 Å². The highest BCUT2D eigenvalue weighted by Crippen LogP contribution is 2.37. The zero-order valence-electron chi connectivity index (χ0n) is 18.4. The third-order valence-corrected chi connectivity index (χ3v) is 6.32. The van der Waals surface area contributed by atoms with E-state index >= 15 is 0 Å². The molecule has 0 saturated heterocycles. The van der Waals surface area contributed by atoms with Gasteiger partial charge in [-0.1, -0.05) is 41.9 Å². The molecular formula is C26H24N4O3. The van der Waals surface area contributed by atoms with Gasteiger partial charge in [0.25, 0.3) is 5.91 Å². The number of aryl methyl sites for hydroxylation is 1. The summed E-state index contributed by atoms with van der Waals surface area (Å²) in [5.41, 5.74) is 3.34. The van der Waals surface area contributed by atoms with E-state index in [1.165, 1.54) is 6.20 Å². The summed E-state index contributed by atoms with van der Waals surface area (Å²) >= 11 is 0. The van der Waals surface area contributed by atoms with E-state index in [0.29, 0.717) is 28.4 Å². The fraction of sp³-hybridized carbons (Fsp3) is 0.269. The summed E-state index contributed by atoms with van der Waals surface area (Å²) in [6, 6.07) is 14.7. The summed E-state index contributed by atoms with van der Waals surface area (Å²) in [5.74, 6) is 0.0942. The van der Waals surface area contributed by atoms with Crippen molar-refractivity contribution in [1.82, 2.24) is 9.97 Å². The van der Waals surface area contributed by atoms with Crippen LogP contribution in [-0.4, -0.2) is 33.0 Å². The van der Waals surface area contributed by atoms with Gasteiger partial charge in [0, 0.05) is 16.7 Å². The van der Waals surface area contributed by atoms with E-state index in [4.69, 9.17) is 4.84 Å². The summed E-state index contributed by atoms with van der Waals surface area (Å²) in [5, 5.41) is 6.94. The highest BCUT2D eigenvalue weighted by molar-refractivity contribution is 6.49. The van der Waals surface area contributed by atoms with Gasteiger partial charge in [0.05, 0.1) is 18.1 Å². The Hall–Kier alpha value is -3.87. The average Bonchev–Trinajstić information content (AvgIpc) is 3.16. The van der Waals surface area contributed by atoms with Gasteiger partial charge in [0.2, 0.25) is 11.4 Å². The fourth-order valence-corrected chi connectivity index (χ4v) is 4.41. The fourth-order valence-electron chi connectivity index (χ4n) is 4.41. The van der Waals surface area contributed by atoms with E-state index in [0.717, 1.165) is 43.2 Å². The first-order valence-corrected chi connectivity index (χ1v) is 11.2. The summed E-state index contributed by atoms with van der Waals surface area (Å²) in [6.07, 6.45) is 7.68. The van der Waals surface area contributed by atoms with E-state index in [1.807, 2.05) is 31.2 Å². The maximum absolute atomic E-state index is 13.2. The van der Waals surface area contributed by atoms with Gasteiger partial charge in [-0.15, -0.1) is 0 Å². The first kappa shape index (κ1) is 21.0. The van der Waals surface area contributed by atoms with E-state index < -0.39 is 5.60 Å². The van der Waals surface area contributed by atoms with Crippen molar-refractivity contribution in [1.29, 1.82) is 0 Å². The Balaban J connectivity index is 1.36. The molecule has 2 aliphatic rings. The molecule has 33 heavy (non-hydrogen) atoms. The number of hydrogen-bond acceptors (Lipinski definition) is 6. The second-order valence-corrected chi connectivity index (χ2v) is 8.55. The van der Waals surface area contributed by atoms with Crippen molar-refractivity contribution in [3.63, 3.8) is 0 Å². The van der Waals surface area contributed by atoms with Gasteiger partial charge in [0.15, 0.2) is 11.5 Å². The molecule has 7 heteroatoms. The number of nitrogens with one attached hydrogen (secondary N) is 1. The monoisotopic (exact) mass is 440 g/mol. The Labute approximate surface area is 191 Å². The number of nitrogens with zero attached hydrogens (tertiary/aromatic N) is 3. The second-order valence-electron chi connectivity index (χ2n) is 8.55. The number of benzene rings is 2. The lowest BCUT2D eigenvalue weighted by atomic mass is 9.79. The molecule has 1 spiro atoms. The van der Waals surface area contributed by atoms with Crippen LogP contribution < -0.4 is 5.32 Å². The smallest absolute Gasteiger partial charge is 0.256 e. The lowest BCUT2D eigenvalue weighted by molar-refractivity contribution is -0.136. The van der Waals surface area contributed by atoms with Crippen LogP contribution in [0.4, 0.5) is 5.82 Å². The average molecular weight is 441 g/mol. The van der Waals surface area contributed by atoms with Crippen molar-refractivity contribution in [2.75, 3.05) is 5.32 Å². The van der Waals surface area contributed by atoms with Crippen LogP contribution in [0.2, 0.25) is 0 Å². The molecule has 0 radical (unpaired) electrons. The van der Waals surface area contributed by atoms with Gasteiger partial charge in [-0.3, -0.25) is 14.6 Å². The van der Waals surface area contributed by atoms with Gasteiger partial charge in [0.1, 0.15) is 0 Å². The quantitative estimate of drug-likeness (QED) is 0.634. The largest absolute Gasteiger partial charge is 0.380 e. The number of Topliss-reactive ketones (excluding diaryl/α,β-unsaturated/α-hetero) is 1. The van der Waals surface area contributed by atoms with Crippen LogP contribution in [0.15, 0.2) is 66.1 Å². The molecular weight excluding hydrogens is 416 g/mol. The number of hydrogen-bond donors (Lipinski definition) is 1. The van der Waals surface area contributed by atoms with Crippen molar-refractivity contribution in [2.45, 2.75) is 44.6 Å². The van der Waals surface area contributed by atoms with E-state index in [2.05, 4.69) is 20.4 Å². The predicted octanol–water partition coefficient (Wildman–Crippen LogP) is 4.71. The van der Waals surface area contributed by atoms with Crippen LogP contribution in [-0.2, 0) is 9.63 Å². The molecule has 5 rings (SSSR count). The van der Waals surface area contributed by atoms with Crippen molar-refractivity contribution in [3.05, 3.63) is 77.6 Å². The van der Waals surface area contributed by atoms with Crippen molar-refractivity contribution in [3.8, 4) is 11.3 Å². The standard InChI is InChI=1S/C26H24N4O3/c1-17-10-11-19(23-24(31)26(33-30-23)12-6-3-7-13-26)14-20(17)21-15-28-22(16-27-21)29-25(32)18-8-4-2-5-9-18/h2,4-5,8-11,14-16H,3,6-7,12-13H2,1H3,(H,28,29,32). The van der Waals surface area contributed by atoms with Crippen molar-refractivity contribution >= 4 is 23.2 Å². The third kappa shape index (κ3) is 4.02. The van der Waals surface area contributed by atoms with Crippen LogP contribution >= 0.6 is 0 Å². The number of aromatic nitrogens is 2. The van der Waals surface area contributed by atoms with E-state index in [1.54, 1.807) is 30.5 Å². The normalized spacial score (nSPS) is 16.9. The molecule has 1 amide bonds. The molecule has 2 heterocycles. The number of carbonyl (C=O) groups is 2. The first-order chi connectivity index (χ1) is 16.1. The molecule has 1 aliphatic heterocycles. The summed E-state index contributed by atoms with van der Waals surface area (Å²) in [6.45, 7) is 1.98. The summed E-state index contributed by atoms with van der Waals surface area (Å²) in [7, 11) is 0. The zero-order valence-corrected chi connectivity index (χ0v) is 18.4. The van der Waals surface area contributed by atoms with Gasteiger partial charge >= 0.3 is 0 Å². The zero-order chi connectivity index (χ0) is 22.8. The van der Waals surface area contributed by atoms with Crippen LogP contribution in [0.25, 0.3) is 11.3 Å². The number of amides is 1. The van der Waals surface area contributed by atoms with Crippen molar-refractivity contribution < 1.29 is 14.4 Å². The third-order valence-electron chi connectivity index (χ3n) is 6.32. The summed E-state index contributed by atoms with van der Waals surface area (Å²) < 4.78 is 0. The van der Waals surface area contributed by atoms with Gasteiger partial charge < -0.3 is 10.2 Å². The molecule has 0 atom stereocenters. The lowest BCUT2D eigenvalue weighted by Crippen LogP contribution is -2.41. The molecule has 1 saturated carbocycles. The Kier molecular flexibility index (Phi) is 5.46. The molecule has 0 bridgehead atoms. The highest BCUT2D eigenvalue weighted by Gasteiger charge is 2.49. The maximum atomic E-state index is 13.2. The lowest BCUT2D eigenvalue weighted by Gasteiger charge is -2.28. The van der Waals surface area contributed by atoms with Crippen LogP contribution in [0.1, 0.15) is 53.6 Å². The minimum atomic E-state index is -0.781. The van der Waals surface area contributed by atoms with Gasteiger partial charge in [-0.2, -0.15) is 0 Å². The molecule has 3 aromatic rings. The molecule has 7 nitrogen and oxygen atoms in total. The Bertz CT molecular complexity index is 1230. The molecule has 2 aromatic carbocycles. The number of anilines is 1. The Morgan fingerprint density at radius 3 is 2.52 bits per heavy atom. The first-order valence-electron chi connectivity index (χ1n) is 11.2. The predicted molar refractivity (Wildman–Crippen MR) is 125 cm³/mol. The number of ketones is 1.